The fourth-order valence-corrected chi connectivity index (χ4v) is 3.15. The topological polar surface area (TPSA) is 54.0 Å². The molecule has 3 rings (SSSR count). The second kappa shape index (κ2) is 8.48. The number of amides is 1. The van der Waals surface area contributed by atoms with E-state index in [1.165, 1.54) is 31.2 Å². The summed E-state index contributed by atoms with van der Waals surface area (Å²) in [5.74, 6) is -0.101. The van der Waals surface area contributed by atoms with Crippen LogP contribution >= 0.6 is 0 Å². The van der Waals surface area contributed by atoms with Crippen LogP contribution in [0, 0.1) is 0 Å². The number of aromatic nitrogens is 1. The molecule has 2 N–H and O–H groups in total. The van der Waals surface area contributed by atoms with E-state index in [1.807, 2.05) is 24.3 Å². The summed E-state index contributed by atoms with van der Waals surface area (Å²) in [6.07, 6.45) is 8.71. The first-order valence-electron chi connectivity index (χ1n) is 8.86. The molecule has 0 atom stereocenters. The van der Waals surface area contributed by atoms with Crippen LogP contribution in [-0.4, -0.2) is 23.5 Å². The summed E-state index contributed by atoms with van der Waals surface area (Å²) in [5.41, 5.74) is 2.78. The Kier molecular flexibility index (Phi) is 5.83. The zero-order valence-corrected chi connectivity index (χ0v) is 14.0. The zero-order chi connectivity index (χ0) is 16.6. The lowest BCUT2D eigenvalue weighted by molar-refractivity contribution is 0.0948. The molecule has 1 heterocycles. The van der Waals surface area contributed by atoms with Crippen LogP contribution in [0.15, 0.2) is 48.7 Å². The number of nitrogens with zero attached hydrogens (tertiary/aromatic N) is 1. The van der Waals surface area contributed by atoms with E-state index in [0.717, 1.165) is 18.5 Å². The number of hydrogen-bond acceptors (Lipinski definition) is 3. The fraction of sp³-hybridized carbons (Fsp3) is 0.400. The predicted molar refractivity (Wildman–Crippen MR) is 97.2 cm³/mol. The maximum atomic E-state index is 12.1. The van der Waals surface area contributed by atoms with Crippen LogP contribution in [-0.2, 0) is 6.42 Å². The van der Waals surface area contributed by atoms with Gasteiger partial charge in [-0.15, -0.1) is 0 Å². The van der Waals surface area contributed by atoms with Crippen LogP contribution in [0.2, 0.25) is 0 Å². The van der Waals surface area contributed by atoms with Crippen molar-refractivity contribution in [3.63, 3.8) is 0 Å². The van der Waals surface area contributed by atoms with Crippen molar-refractivity contribution in [1.29, 1.82) is 0 Å². The highest BCUT2D eigenvalue weighted by Crippen LogP contribution is 2.21. The van der Waals surface area contributed by atoms with Crippen molar-refractivity contribution in [3.05, 3.63) is 59.9 Å². The average molecular weight is 323 g/mol. The molecule has 1 saturated carbocycles. The molecule has 1 amide bonds. The van der Waals surface area contributed by atoms with Gasteiger partial charge in [0.1, 0.15) is 5.69 Å². The number of rotatable bonds is 7. The third-order valence-electron chi connectivity index (χ3n) is 4.49. The molecule has 0 radical (unpaired) electrons. The molecular formula is C20H25N3O. The molecule has 1 aliphatic rings. The summed E-state index contributed by atoms with van der Waals surface area (Å²) in [5, 5.41) is 6.42. The van der Waals surface area contributed by atoms with Crippen LogP contribution in [0.3, 0.4) is 0 Å². The summed E-state index contributed by atoms with van der Waals surface area (Å²) in [6.45, 7) is 0.664. The molecule has 2 aromatic rings. The number of nitrogens with one attached hydrogen (secondary N) is 2. The van der Waals surface area contributed by atoms with Crippen molar-refractivity contribution in [1.82, 2.24) is 10.3 Å². The Morgan fingerprint density at radius 1 is 1.08 bits per heavy atom. The van der Waals surface area contributed by atoms with E-state index in [4.69, 9.17) is 0 Å². The lowest BCUT2D eigenvalue weighted by Gasteiger charge is -2.13. The molecule has 0 bridgehead atoms. The van der Waals surface area contributed by atoms with Gasteiger partial charge in [-0.05, 0) is 43.4 Å². The highest BCUT2D eigenvalue weighted by molar-refractivity contribution is 5.92. The van der Waals surface area contributed by atoms with E-state index < -0.39 is 0 Å². The second-order valence-corrected chi connectivity index (χ2v) is 6.40. The van der Waals surface area contributed by atoms with Gasteiger partial charge in [-0.25, -0.2) is 4.98 Å². The van der Waals surface area contributed by atoms with Crippen molar-refractivity contribution >= 4 is 11.6 Å². The molecule has 4 heteroatoms. The molecule has 1 aromatic heterocycles. The third-order valence-corrected chi connectivity index (χ3v) is 4.49. The second-order valence-electron chi connectivity index (χ2n) is 6.40. The number of pyridine rings is 1. The van der Waals surface area contributed by atoms with Crippen LogP contribution in [0.5, 0.6) is 0 Å². The first-order chi connectivity index (χ1) is 11.8. The fourth-order valence-electron chi connectivity index (χ4n) is 3.15. The molecule has 4 nitrogen and oxygen atoms in total. The van der Waals surface area contributed by atoms with Crippen molar-refractivity contribution in [2.24, 2.45) is 0 Å². The molecule has 1 aliphatic carbocycles. The minimum atomic E-state index is -0.101. The van der Waals surface area contributed by atoms with Crippen LogP contribution < -0.4 is 10.6 Å². The summed E-state index contributed by atoms with van der Waals surface area (Å²) >= 11 is 0. The van der Waals surface area contributed by atoms with E-state index in [0.29, 0.717) is 18.3 Å². The quantitative estimate of drug-likeness (QED) is 0.762. The molecule has 126 valence electrons. The van der Waals surface area contributed by atoms with Gasteiger partial charge in [0.05, 0.1) is 11.9 Å². The third kappa shape index (κ3) is 4.82. The predicted octanol–water partition coefficient (Wildman–Crippen LogP) is 3.80. The summed E-state index contributed by atoms with van der Waals surface area (Å²) in [4.78, 5) is 16.4. The monoisotopic (exact) mass is 323 g/mol. The van der Waals surface area contributed by atoms with E-state index in [1.54, 1.807) is 12.3 Å². The van der Waals surface area contributed by atoms with E-state index in [2.05, 4.69) is 27.8 Å². The molecule has 0 aliphatic heterocycles. The minimum absolute atomic E-state index is 0.101. The van der Waals surface area contributed by atoms with Gasteiger partial charge in [-0.2, -0.15) is 0 Å². The van der Waals surface area contributed by atoms with E-state index in [9.17, 15) is 4.79 Å². The first kappa shape index (κ1) is 16.5. The van der Waals surface area contributed by atoms with E-state index >= 15 is 0 Å². The molecule has 0 unspecified atom stereocenters. The number of benzene rings is 1. The lowest BCUT2D eigenvalue weighted by atomic mass is 10.1. The van der Waals surface area contributed by atoms with Gasteiger partial charge < -0.3 is 10.6 Å². The summed E-state index contributed by atoms with van der Waals surface area (Å²) in [7, 11) is 0. The first-order valence-corrected chi connectivity index (χ1v) is 8.86. The molecule has 1 fully saturated rings. The van der Waals surface area contributed by atoms with E-state index in [-0.39, 0.29) is 5.91 Å². The Morgan fingerprint density at radius 3 is 2.58 bits per heavy atom. The summed E-state index contributed by atoms with van der Waals surface area (Å²) in [6, 6.07) is 14.6. The lowest BCUT2D eigenvalue weighted by Crippen LogP contribution is -2.25. The molecule has 24 heavy (non-hydrogen) atoms. The van der Waals surface area contributed by atoms with Gasteiger partial charge in [0, 0.05) is 12.6 Å². The zero-order valence-electron chi connectivity index (χ0n) is 14.0. The van der Waals surface area contributed by atoms with Gasteiger partial charge in [0.15, 0.2) is 0 Å². The number of carbonyl (C=O) groups excluding carboxylic acids is 1. The van der Waals surface area contributed by atoms with Crippen LogP contribution in [0.25, 0.3) is 0 Å². The Hall–Kier alpha value is -2.36. The largest absolute Gasteiger partial charge is 0.381 e. The SMILES string of the molecule is O=C(NCCCc1ccccc1)c1ccc(NC2CCCC2)cn1. The van der Waals surface area contributed by atoms with Gasteiger partial charge in [0.25, 0.3) is 5.91 Å². The molecular weight excluding hydrogens is 298 g/mol. The van der Waals surface area contributed by atoms with Gasteiger partial charge in [-0.3, -0.25) is 4.79 Å². The number of hydrogen-bond donors (Lipinski definition) is 2. The Labute approximate surface area is 143 Å². The van der Waals surface area contributed by atoms with Gasteiger partial charge in [-0.1, -0.05) is 43.2 Å². The normalized spacial score (nSPS) is 14.5. The Balaban J connectivity index is 1.41. The standard InChI is InChI=1S/C20H25N3O/c24-20(21-14-6-9-16-7-2-1-3-8-16)19-13-12-18(15-22-19)23-17-10-4-5-11-17/h1-3,7-8,12-13,15,17,23H,4-6,9-11,14H2,(H,21,24). The summed E-state index contributed by atoms with van der Waals surface area (Å²) < 4.78 is 0. The van der Waals surface area contributed by atoms with Crippen LogP contribution in [0.1, 0.15) is 48.2 Å². The smallest absolute Gasteiger partial charge is 0.269 e. The van der Waals surface area contributed by atoms with Crippen molar-refractivity contribution < 1.29 is 4.79 Å². The maximum Gasteiger partial charge on any atom is 0.269 e. The van der Waals surface area contributed by atoms with Gasteiger partial charge >= 0.3 is 0 Å². The van der Waals surface area contributed by atoms with Gasteiger partial charge in [0.2, 0.25) is 0 Å². The Morgan fingerprint density at radius 2 is 1.88 bits per heavy atom. The molecule has 0 saturated heterocycles. The van der Waals surface area contributed by atoms with Crippen molar-refractivity contribution in [2.45, 2.75) is 44.6 Å². The maximum absolute atomic E-state index is 12.1. The Bertz CT molecular complexity index is 634. The van der Waals surface area contributed by atoms with Crippen LogP contribution in [0.4, 0.5) is 5.69 Å². The number of carbonyl (C=O) groups is 1. The average Bonchev–Trinajstić information content (AvgIpc) is 3.13. The molecule has 0 spiro atoms. The number of aryl methyl sites for hydroxylation is 1. The van der Waals surface area contributed by atoms with Crippen molar-refractivity contribution in [3.8, 4) is 0 Å². The highest BCUT2D eigenvalue weighted by Gasteiger charge is 2.14. The van der Waals surface area contributed by atoms with Crippen molar-refractivity contribution in [2.75, 3.05) is 11.9 Å². The minimum Gasteiger partial charge on any atom is -0.381 e. The molecule has 1 aromatic carbocycles. The number of anilines is 1. The highest BCUT2D eigenvalue weighted by atomic mass is 16.1.